The third kappa shape index (κ3) is 6.26. The van der Waals surface area contributed by atoms with Crippen LogP contribution in [-0.4, -0.2) is 63.4 Å². The van der Waals surface area contributed by atoms with Crippen LogP contribution in [0.25, 0.3) is 10.9 Å². The van der Waals surface area contributed by atoms with Crippen LogP contribution in [0.3, 0.4) is 0 Å². The fourth-order valence-electron chi connectivity index (χ4n) is 4.68. The molecule has 5 N–H and O–H groups in total. The van der Waals surface area contributed by atoms with E-state index in [4.69, 9.17) is 27.5 Å². The predicted octanol–water partition coefficient (Wildman–Crippen LogP) is 3.61. The second-order valence-corrected chi connectivity index (χ2v) is 9.60. The number of nitrogens with one attached hydrogen (secondary N) is 2. The lowest BCUT2D eigenvalue weighted by Gasteiger charge is -2.27. The van der Waals surface area contributed by atoms with E-state index in [-0.39, 0.29) is 29.2 Å². The second-order valence-electron chi connectivity index (χ2n) is 9.19. The van der Waals surface area contributed by atoms with Crippen LogP contribution >= 0.6 is 11.6 Å². The van der Waals surface area contributed by atoms with E-state index >= 15 is 0 Å². The van der Waals surface area contributed by atoms with Crippen molar-refractivity contribution in [2.24, 2.45) is 11.7 Å². The molecule has 0 bridgehead atoms. The molecule has 0 saturated carbocycles. The number of fused-ring (bicyclic) bond motifs is 1. The van der Waals surface area contributed by atoms with Crippen LogP contribution in [0.15, 0.2) is 42.7 Å². The quantitative estimate of drug-likeness (QED) is 0.166. The molecule has 1 aliphatic rings. The monoisotopic (exact) mass is 552 g/mol. The summed E-state index contributed by atoms with van der Waals surface area (Å²) in [6.07, 6.45) is 2.66. The van der Waals surface area contributed by atoms with Crippen LogP contribution in [0.2, 0.25) is 5.02 Å². The number of rotatable bonds is 10. The second kappa shape index (κ2) is 12.1. The lowest BCUT2D eigenvalue weighted by Crippen LogP contribution is -2.32. The molecule has 0 radical (unpaired) electrons. The summed E-state index contributed by atoms with van der Waals surface area (Å²) >= 11 is 6.56. The normalized spacial score (nSPS) is 14.6. The minimum Gasteiger partial charge on any atom is -0.481 e. The molecule has 1 amide bonds. The number of amidine groups is 1. The van der Waals surface area contributed by atoms with Crippen molar-refractivity contribution in [1.82, 2.24) is 14.9 Å². The van der Waals surface area contributed by atoms with E-state index in [9.17, 15) is 19.5 Å². The van der Waals surface area contributed by atoms with Gasteiger partial charge in [-0.25, -0.2) is 9.97 Å². The first-order chi connectivity index (χ1) is 18.7. The van der Waals surface area contributed by atoms with Crippen molar-refractivity contribution in [2.45, 2.75) is 32.2 Å². The molecule has 1 fully saturated rings. The third-order valence-corrected chi connectivity index (χ3v) is 6.90. The number of nitrogen functional groups attached to an aromatic ring is 1. The Labute approximate surface area is 229 Å². The van der Waals surface area contributed by atoms with Crippen LogP contribution in [0.5, 0.6) is 0 Å². The number of ether oxygens (including phenoxy) is 1. The number of nitrogens with zero attached hydrogens (tertiary/aromatic N) is 3. The molecule has 11 nitrogen and oxygen atoms in total. The van der Waals surface area contributed by atoms with Gasteiger partial charge in [0.15, 0.2) is 0 Å². The fourth-order valence-corrected chi connectivity index (χ4v) is 4.93. The smallest absolute Gasteiger partial charge is 0.311 e. The SMILES string of the molecule is CCOC(=O)C(CC(=O)O)C(Nc1ncnc2cc(C(=O)N3CCCC3)c(Cl)cc12)c1cccc(C(=N)N)c1. The molecule has 1 aromatic heterocycles. The highest BCUT2D eigenvalue weighted by Gasteiger charge is 2.34. The first-order valence-electron chi connectivity index (χ1n) is 12.5. The molecule has 2 aromatic carbocycles. The lowest BCUT2D eigenvalue weighted by molar-refractivity contribution is -0.153. The van der Waals surface area contributed by atoms with Crippen molar-refractivity contribution in [3.63, 3.8) is 0 Å². The first-order valence-corrected chi connectivity index (χ1v) is 12.9. The average molecular weight is 553 g/mol. The van der Waals surface area contributed by atoms with Crippen LogP contribution in [0.4, 0.5) is 5.82 Å². The Morgan fingerprint density at radius 1 is 1.21 bits per heavy atom. The summed E-state index contributed by atoms with van der Waals surface area (Å²) in [6, 6.07) is 8.87. The van der Waals surface area contributed by atoms with Gasteiger partial charge in [0, 0.05) is 24.0 Å². The number of anilines is 1. The Bertz CT molecular complexity index is 1430. The Balaban J connectivity index is 1.80. The molecule has 204 valence electrons. The minimum atomic E-state index is -1.19. The number of aromatic nitrogens is 2. The molecule has 39 heavy (non-hydrogen) atoms. The zero-order valence-electron chi connectivity index (χ0n) is 21.3. The van der Waals surface area contributed by atoms with Gasteiger partial charge in [0.05, 0.1) is 41.1 Å². The van der Waals surface area contributed by atoms with E-state index in [1.807, 2.05) is 0 Å². The highest BCUT2D eigenvalue weighted by atomic mass is 35.5. The number of hydrogen-bond donors (Lipinski definition) is 4. The summed E-state index contributed by atoms with van der Waals surface area (Å²) in [5, 5.41) is 21.3. The summed E-state index contributed by atoms with van der Waals surface area (Å²) in [7, 11) is 0. The van der Waals surface area contributed by atoms with Gasteiger partial charge in [-0.15, -0.1) is 0 Å². The highest BCUT2D eigenvalue weighted by molar-refractivity contribution is 6.34. The Kier molecular flexibility index (Phi) is 8.60. The zero-order valence-corrected chi connectivity index (χ0v) is 22.1. The predicted molar refractivity (Wildman–Crippen MR) is 146 cm³/mol. The maximum atomic E-state index is 13.0. The van der Waals surface area contributed by atoms with Crippen LogP contribution in [0, 0.1) is 11.3 Å². The Hall–Kier alpha value is -4.25. The molecule has 12 heteroatoms. The largest absolute Gasteiger partial charge is 0.481 e. The maximum absolute atomic E-state index is 13.0. The van der Waals surface area contributed by atoms with Crippen molar-refractivity contribution >= 4 is 52.0 Å². The summed E-state index contributed by atoms with van der Waals surface area (Å²) in [6.45, 7) is 3.04. The van der Waals surface area contributed by atoms with Gasteiger partial charge in [-0.05, 0) is 43.5 Å². The van der Waals surface area contributed by atoms with Gasteiger partial charge in [-0.1, -0.05) is 29.8 Å². The molecule has 2 heterocycles. The summed E-state index contributed by atoms with van der Waals surface area (Å²) < 4.78 is 5.21. The van der Waals surface area contributed by atoms with Gasteiger partial charge in [0.1, 0.15) is 18.0 Å². The van der Waals surface area contributed by atoms with E-state index in [1.165, 1.54) is 6.33 Å². The number of likely N-dealkylation sites (tertiary alicyclic amines) is 1. The van der Waals surface area contributed by atoms with Crippen molar-refractivity contribution in [2.75, 3.05) is 25.0 Å². The maximum Gasteiger partial charge on any atom is 0.311 e. The van der Waals surface area contributed by atoms with Gasteiger partial charge in [0.2, 0.25) is 0 Å². The van der Waals surface area contributed by atoms with Crippen molar-refractivity contribution in [3.8, 4) is 0 Å². The molecule has 2 atom stereocenters. The van der Waals surface area contributed by atoms with Gasteiger partial charge < -0.3 is 25.8 Å². The molecular formula is C27H29ClN6O5. The number of esters is 1. The number of amides is 1. The third-order valence-electron chi connectivity index (χ3n) is 6.58. The molecule has 1 saturated heterocycles. The Morgan fingerprint density at radius 2 is 1.95 bits per heavy atom. The van der Waals surface area contributed by atoms with E-state index in [2.05, 4.69) is 15.3 Å². The highest BCUT2D eigenvalue weighted by Crippen LogP contribution is 2.34. The van der Waals surface area contributed by atoms with Crippen molar-refractivity contribution < 1.29 is 24.2 Å². The van der Waals surface area contributed by atoms with Crippen molar-refractivity contribution in [1.29, 1.82) is 5.41 Å². The van der Waals surface area contributed by atoms with Crippen molar-refractivity contribution in [3.05, 3.63) is 64.4 Å². The van der Waals surface area contributed by atoms with Crippen LogP contribution < -0.4 is 11.1 Å². The number of halogens is 1. The summed E-state index contributed by atoms with van der Waals surface area (Å²) in [5.41, 5.74) is 7.36. The van der Waals surface area contributed by atoms with Crippen LogP contribution in [0.1, 0.15) is 53.7 Å². The first kappa shape index (κ1) is 27.8. The van der Waals surface area contributed by atoms with E-state index in [0.29, 0.717) is 40.7 Å². The zero-order chi connectivity index (χ0) is 28.1. The topological polar surface area (TPSA) is 172 Å². The number of nitrogens with two attached hydrogens (primary N) is 1. The summed E-state index contributed by atoms with van der Waals surface area (Å²) in [4.78, 5) is 48.2. The minimum absolute atomic E-state index is 0.0645. The van der Waals surface area contributed by atoms with Gasteiger partial charge in [0.25, 0.3) is 5.91 Å². The summed E-state index contributed by atoms with van der Waals surface area (Å²) in [5.74, 6) is -3.13. The molecule has 0 aliphatic carbocycles. The number of carbonyl (C=O) groups is 3. The number of hydrogen-bond acceptors (Lipinski definition) is 8. The van der Waals surface area contributed by atoms with Crippen LogP contribution in [-0.2, 0) is 14.3 Å². The molecular weight excluding hydrogens is 524 g/mol. The number of aliphatic carboxylic acids is 1. The molecule has 3 aromatic rings. The fraction of sp³-hybridized carbons (Fsp3) is 0.333. The number of benzene rings is 2. The van der Waals surface area contributed by atoms with E-state index in [0.717, 1.165) is 12.8 Å². The molecule has 4 rings (SSSR count). The molecule has 0 spiro atoms. The van der Waals surface area contributed by atoms with E-state index < -0.39 is 30.3 Å². The molecule has 1 aliphatic heterocycles. The number of carbonyl (C=O) groups excluding carboxylic acids is 2. The van der Waals surface area contributed by atoms with Gasteiger partial charge >= 0.3 is 11.9 Å². The number of carboxylic acids is 1. The van der Waals surface area contributed by atoms with E-state index in [1.54, 1.807) is 48.2 Å². The van der Waals surface area contributed by atoms with Gasteiger partial charge in [-0.2, -0.15) is 0 Å². The lowest BCUT2D eigenvalue weighted by atomic mass is 9.89. The number of carboxylic acid groups (broad SMARTS) is 1. The molecule has 2 unspecified atom stereocenters. The Morgan fingerprint density at radius 3 is 2.62 bits per heavy atom. The van der Waals surface area contributed by atoms with Gasteiger partial charge in [-0.3, -0.25) is 19.8 Å². The standard InChI is InChI=1S/C27H29ClN6O5/c1-2-39-27(38)19(13-22(35)36)23(15-6-5-7-16(10-15)24(29)30)33-25-18-11-20(28)17(12-21(18)31-14-32-25)26(37)34-8-3-4-9-34/h5-7,10-12,14,19,23H,2-4,8-9,13H2,1H3,(H3,29,30)(H,35,36)(H,31,32,33). The average Bonchev–Trinajstić information content (AvgIpc) is 3.45.